The molecule has 0 unspecified atom stereocenters. The van der Waals surface area contributed by atoms with Crippen LogP contribution in [0.4, 0.5) is 0 Å². The summed E-state index contributed by atoms with van der Waals surface area (Å²) in [6.45, 7) is 6.58. The van der Waals surface area contributed by atoms with Crippen molar-refractivity contribution in [1.29, 1.82) is 0 Å². The van der Waals surface area contributed by atoms with Crippen LogP contribution in [0.2, 0.25) is 0 Å². The minimum Gasteiger partial charge on any atom is -0.316 e. The summed E-state index contributed by atoms with van der Waals surface area (Å²) in [6.07, 6.45) is 10.4. The second kappa shape index (κ2) is 5.64. The van der Waals surface area contributed by atoms with E-state index >= 15 is 0 Å². The van der Waals surface area contributed by atoms with E-state index in [9.17, 15) is 0 Å². The Morgan fingerprint density at radius 2 is 1.46 bits per heavy atom. The molecular weight excluding hydrogens is 158 g/mol. The normalized spacial score (nSPS) is 26.3. The molecule has 1 N–H and O–H groups in total. The van der Waals surface area contributed by atoms with Crippen LogP contribution in [0.15, 0.2) is 0 Å². The van der Waals surface area contributed by atoms with Crippen LogP contribution in [0.25, 0.3) is 0 Å². The fourth-order valence-corrected chi connectivity index (χ4v) is 2.76. The lowest BCUT2D eigenvalue weighted by molar-refractivity contribution is 0.140. The monoisotopic (exact) mass is 183 g/mol. The third-order valence-electron chi connectivity index (χ3n) is 3.47. The van der Waals surface area contributed by atoms with Crippen LogP contribution in [-0.4, -0.2) is 13.1 Å². The van der Waals surface area contributed by atoms with E-state index in [0.717, 1.165) is 5.41 Å². The van der Waals surface area contributed by atoms with E-state index < -0.39 is 0 Å². The molecule has 1 nitrogen and oxygen atoms in total. The summed E-state index contributed by atoms with van der Waals surface area (Å²) in [4.78, 5) is 0. The Labute approximate surface area is 83.3 Å². The molecule has 1 saturated carbocycles. The fourth-order valence-electron chi connectivity index (χ4n) is 2.76. The summed E-state index contributed by atoms with van der Waals surface area (Å²) >= 11 is 0. The molecule has 2 aliphatic rings. The molecule has 0 aromatic heterocycles. The highest BCUT2D eigenvalue weighted by Gasteiger charge is 2.32. The molecule has 0 amide bonds. The molecule has 1 heteroatoms. The lowest BCUT2D eigenvalue weighted by Gasteiger charge is -2.40. The average Bonchev–Trinajstić information content (AvgIpc) is 2.23. The van der Waals surface area contributed by atoms with Gasteiger partial charge in [0.2, 0.25) is 0 Å². The Morgan fingerprint density at radius 3 is 2.00 bits per heavy atom. The Hall–Kier alpha value is -0.0400. The van der Waals surface area contributed by atoms with E-state index in [-0.39, 0.29) is 0 Å². The zero-order chi connectivity index (χ0) is 9.57. The fraction of sp³-hybridized carbons (Fsp3) is 1.00. The first kappa shape index (κ1) is 11.0. The summed E-state index contributed by atoms with van der Waals surface area (Å²) in [5.74, 6) is 0. The molecule has 0 aromatic rings. The molecule has 1 aliphatic carbocycles. The predicted molar refractivity (Wildman–Crippen MR) is 59.0 cm³/mol. The van der Waals surface area contributed by atoms with Gasteiger partial charge in [-0.3, -0.25) is 0 Å². The van der Waals surface area contributed by atoms with Gasteiger partial charge in [0.1, 0.15) is 0 Å². The van der Waals surface area contributed by atoms with Crippen LogP contribution >= 0.6 is 0 Å². The maximum Gasteiger partial charge on any atom is 0.000781 e. The molecule has 1 aliphatic heterocycles. The molecule has 2 rings (SSSR count). The molecule has 1 spiro atoms. The van der Waals surface area contributed by atoms with Crippen molar-refractivity contribution in [2.75, 3.05) is 13.1 Å². The number of piperidine rings is 1. The van der Waals surface area contributed by atoms with E-state index in [1.807, 2.05) is 13.8 Å². The van der Waals surface area contributed by atoms with Gasteiger partial charge in [-0.05, 0) is 37.6 Å². The quantitative estimate of drug-likeness (QED) is 0.607. The number of nitrogens with one attached hydrogen (secondary N) is 1. The van der Waals surface area contributed by atoms with Crippen molar-refractivity contribution in [3.8, 4) is 0 Å². The summed E-state index contributed by atoms with van der Waals surface area (Å²) in [7, 11) is 0. The molecule has 13 heavy (non-hydrogen) atoms. The SMILES string of the molecule is C1CCC2(CC1)CCCNC2.CC. The van der Waals surface area contributed by atoms with Crippen molar-refractivity contribution in [2.24, 2.45) is 5.41 Å². The van der Waals surface area contributed by atoms with Gasteiger partial charge in [-0.15, -0.1) is 0 Å². The summed E-state index contributed by atoms with van der Waals surface area (Å²) in [5.41, 5.74) is 0.747. The molecule has 0 bridgehead atoms. The molecule has 2 fully saturated rings. The van der Waals surface area contributed by atoms with Gasteiger partial charge < -0.3 is 5.32 Å². The molecular formula is C12H25N. The highest BCUT2D eigenvalue weighted by atomic mass is 14.9. The van der Waals surface area contributed by atoms with E-state index in [1.165, 1.54) is 58.0 Å². The van der Waals surface area contributed by atoms with Gasteiger partial charge >= 0.3 is 0 Å². The number of hydrogen-bond acceptors (Lipinski definition) is 1. The van der Waals surface area contributed by atoms with Crippen molar-refractivity contribution in [3.63, 3.8) is 0 Å². The van der Waals surface area contributed by atoms with Gasteiger partial charge in [0.05, 0.1) is 0 Å². The topological polar surface area (TPSA) is 12.0 Å². The van der Waals surface area contributed by atoms with Crippen LogP contribution in [-0.2, 0) is 0 Å². The molecule has 0 atom stereocenters. The molecule has 0 aromatic carbocycles. The van der Waals surface area contributed by atoms with Crippen LogP contribution in [0.3, 0.4) is 0 Å². The summed E-state index contributed by atoms with van der Waals surface area (Å²) < 4.78 is 0. The highest BCUT2D eigenvalue weighted by molar-refractivity contribution is 4.87. The molecule has 0 radical (unpaired) electrons. The van der Waals surface area contributed by atoms with Crippen LogP contribution in [0.1, 0.15) is 58.8 Å². The minimum atomic E-state index is 0.747. The maximum atomic E-state index is 3.55. The number of hydrogen-bond donors (Lipinski definition) is 1. The van der Waals surface area contributed by atoms with E-state index in [1.54, 1.807) is 0 Å². The van der Waals surface area contributed by atoms with Crippen molar-refractivity contribution < 1.29 is 0 Å². The van der Waals surface area contributed by atoms with Gasteiger partial charge in [0.15, 0.2) is 0 Å². The Bertz CT molecular complexity index is 99.6. The van der Waals surface area contributed by atoms with Crippen LogP contribution in [0, 0.1) is 5.41 Å². The highest BCUT2D eigenvalue weighted by Crippen LogP contribution is 2.40. The minimum absolute atomic E-state index is 0.747. The lowest BCUT2D eigenvalue weighted by atomic mass is 9.70. The second-order valence-electron chi connectivity index (χ2n) is 4.34. The van der Waals surface area contributed by atoms with E-state index in [4.69, 9.17) is 0 Å². The summed E-state index contributed by atoms with van der Waals surface area (Å²) in [6, 6.07) is 0. The predicted octanol–water partition coefficient (Wildman–Crippen LogP) is 3.35. The molecule has 78 valence electrons. The second-order valence-corrected chi connectivity index (χ2v) is 4.34. The number of rotatable bonds is 0. The van der Waals surface area contributed by atoms with Gasteiger partial charge in [-0.1, -0.05) is 33.1 Å². The smallest absolute Gasteiger partial charge is 0.000781 e. The van der Waals surface area contributed by atoms with Gasteiger partial charge in [0, 0.05) is 6.54 Å². The zero-order valence-electron chi connectivity index (χ0n) is 9.36. The Balaban J connectivity index is 0.000000396. The van der Waals surface area contributed by atoms with Crippen molar-refractivity contribution in [2.45, 2.75) is 58.8 Å². The maximum absolute atomic E-state index is 3.55. The first-order valence-corrected chi connectivity index (χ1v) is 6.12. The van der Waals surface area contributed by atoms with E-state index in [2.05, 4.69) is 5.32 Å². The molecule has 1 saturated heterocycles. The van der Waals surface area contributed by atoms with Gasteiger partial charge in [-0.25, -0.2) is 0 Å². The largest absolute Gasteiger partial charge is 0.316 e. The van der Waals surface area contributed by atoms with Crippen LogP contribution in [0.5, 0.6) is 0 Å². The average molecular weight is 183 g/mol. The van der Waals surface area contributed by atoms with Gasteiger partial charge in [-0.2, -0.15) is 0 Å². The van der Waals surface area contributed by atoms with Gasteiger partial charge in [0.25, 0.3) is 0 Å². The Kier molecular flexibility index (Phi) is 4.79. The first-order valence-electron chi connectivity index (χ1n) is 6.12. The molecule has 1 heterocycles. The first-order chi connectivity index (χ1) is 6.41. The third-order valence-corrected chi connectivity index (χ3v) is 3.47. The lowest BCUT2D eigenvalue weighted by Crippen LogP contribution is -2.41. The Morgan fingerprint density at radius 1 is 0.846 bits per heavy atom. The van der Waals surface area contributed by atoms with Crippen LogP contribution < -0.4 is 5.32 Å². The van der Waals surface area contributed by atoms with Crippen molar-refractivity contribution in [1.82, 2.24) is 5.32 Å². The van der Waals surface area contributed by atoms with E-state index in [0.29, 0.717) is 0 Å². The third kappa shape index (κ3) is 2.98. The summed E-state index contributed by atoms with van der Waals surface area (Å²) in [5, 5.41) is 3.55. The standard InChI is InChI=1S/C10H19N.C2H6/c1-2-5-10(6-3-1)7-4-8-11-9-10;1-2/h11H,1-9H2;1-2H3. The van der Waals surface area contributed by atoms with Crippen molar-refractivity contribution in [3.05, 3.63) is 0 Å². The zero-order valence-corrected chi connectivity index (χ0v) is 9.36. The van der Waals surface area contributed by atoms with Crippen molar-refractivity contribution >= 4 is 0 Å².